The summed E-state index contributed by atoms with van der Waals surface area (Å²) in [6.07, 6.45) is 0. The van der Waals surface area contributed by atoms with Gasteiger partial charge in [0, 0.05) is 19.5 Å². The van der Waals surface area contributed by atoms with E-state index in [4.69, 9.17) is 0 Å². The molecule has 0 N–H and O–H groups in total. The molecule has 0 aromatic rings. The fourth-order valence-corrected chi connectivity index (χ4v) is 0. The summed E-state index contributed by atoms with van der Waals surface area (Å²) in [6, 6.07) is 0. The molecule has 0 fully saturated rings. The average Bonchev–Trinajstić information content (AvgIpc) is 0. The van der Waals surface area contributed by atoms with Gasteiger partial charge in [0.25, 0.3) is 0 Å². The Hall–Kier alpha value is 3.59. The molecule has 0 saturated heterocycles. The Balaban J connectivity index is 0. The van der Waals surface area contributed by atoms with E-state index in [0.29, 0.717) is 0 Å². The maximum absolute atomic E-state index is 0. The van der Waals surface area contributed by atoms with Crippen LogP contribution in [0.2, 0.25) is 0 Å². The van der Waals surface area contributed by atoms with Crippen molar-refractivity contribution in [3.05, 3.63) is 0 Å². The topological polar surface area (TPSA) is 0 Å². The van der Waals surface area contributed by atoms with Gasteiger partial charge in [0.15, 0.2) is 17.4 Å². The molecule has 0 unspecified atom stereocenters. The summed E-state index contributed by atoms with van der Waals surface area (Å²) < 4.78 is 0. The van der Waals surface area contributed by atoms with Gasteiger partial charge in [0.1, 0.15) is 0 Å². The minimum absolute atomic E-state index is 0. The van der Waals surface area contributed by atoms with E-state index in [1.54, 1.807) is 0 Å². The van der Waals surface area contributed by atoms with Crippen molar-refractivity contribution < 1.29 is 19.5 Å². The molecule has 0 aliphatic rings. The summed E-state index contributed by atoms with van der Waals surface area (Å²) >= 11 is 0. The SMILES string of the molecule is [AlH3].[InH3].[MgH2].[SnH2].[Zn]. The maximum Gasteiger partial charge on any atom is 0 e. The van der Waals surface area contributed by atoms with Gasteiger partial charge >= 0.3 is 72.8 Å². The summed E-state index contributed by atoms with van der Waals surface area (Å²) in [5.41, 5.74) is 0. The first kappa shape index (κ1) is 38.4. The van der Waals surface area contributed by atoms with Crippen LogP contribution in [0.15, 0.2) is 0 Å². The minimum Gasteiger partial charge on any atom is 0 e. The van der Waals surface area contributed by atoms with E-state index in [1.807, 2.05) is 0 Å². The number of hydrogen-bond donors (Lipinski definition) is 0. The molecule has 0 heterocycles. The zero-order valence-corrected chi connectivity index (χ0v) is 8.42. The van der Waals surface area contributed by atoms with Gasteiger partial charge in [-0.1, -0.05) is 0 Å². The smallest absolute Gasteiger partial charge is 0 e. The van der Waals surface area contributed by atoms with Gasteiger partial charge < -0.3 is 0 Å². The Bertz CT molecular complexity index is 11.6. The summed E-state index contributed by atoms with van der Waals surface area (Å²) in [6.45, 7) is 0. The molecule has 0 nitrogen and oxygen atoms in total. The van der Waals surface area contributed by atoms with E-state index < -0.39 is 0 Å². The molecule has 0 amide bonds. The zero-order valence-electron chi connectivity index (χ0n) is 1.41. The van der Waals surface area contributed by atoms with Crippen LogP contribution in [0.4, 0.5) is 0 Å². The van der Waals surface area contributed by atoms with Crippen LogP contribution in [0.25, 0.3) is 0 Å². The van der Waals surface area contributed by atoms with Crippen LogP contribution in [0.5, 0.6) is 0 Å². The average molecular weight is 360 g/mol. The van der Waals surface area contributed by atoms with Crippen LogP contribution in [0, 0.1) is 0 Å². The summed E-state index contributed by atoms with van der Waals surface area (Å²) in [5, 5.41) is 0. The second-order valence-corrected chi connectivity index (χ2v) is 0. The van der Waals surface area contributed by atoms with Crippen molar-refractivity contribution in [2.45, 2.75) is 0 Å². The molecule has 0 rings (SSSR count). The fraction of sp³-hybridized carbons (Fsp3) is 0. The van der Waals surface area contributed by atoms with E-state index in [9.17, 15) is 0 Å². The van der Waals surface area contributed by atoms with E-state index >= 15 is 0 Å². The van der Waals surface area contributed by atoms with Crippen molar-refractivity contribution in [3.8, 4) is 0 Å². The third-order valence-corrected chi connectivity index (χ3v) is 0. The zero-order chi connectivity index (χ0) is 0. The quantitative estimate of drug-likeness (QED) is 0.385. The van der Waals surface area contributed by atoms with Gasteiger partial charge in [-0.05, 0) is 0 Å². The molecule has 0 bridgehead atoms. The largest absolute Gasteiger partial charge is 0 e. The Labute approximate surface area is 107 Å². The molecule has 0 aromatic heterocycles. The molecule has 0 spiro atoms. The Morgan fingerprint density at radius 2 is 1.00 bits per heavy atom. The third kappa shape index (κ3) is 18.4. The molecule has 0 aliphatic carbocycles. The number of rotatable bonds is 0. The second kappa shape index (κ2) is 25.6. The summed E-state index contributed by atoms with van der Waals surface area (Å²) in [7, 11) is 0. The van der Waals surface area contributed by atoms with Crippen LogP contribution in [-0.4, -0.2) is 90.2 Å². The normalized spacial score (nSPS) is 0. The third-order valence-electron chi connectivity index (χ3n) is 0. The molecule has 5 heteroatoms. The molecule has 0 atom stereocenters. The monoisotopic (exact) mass is 360 g/mol. The van der Waals surface area contributed by atoms with E-state index in [1.165, 1.54) is 0 Å². The van der Waals surface area contributed by atoms with Crippen molar-refractivity contribution in [2.24, 2.45) is 0 Å². The number of hydrogen-bond acceptors (Lipinski definition) is 0. The van der Waals surface area contributed by atoms with Crippen LogP contribution in [0.3, 0.4) is 0 Å². The molecule has 2 radical (unpaired) electrons. The molecule has 5 heavy (non-hydrogen) atoms. The summed E-state index contributed by atoms with van der Waals surface area (Å²) in [5.74, 6) is 0. The first-order valence-electron chi connectivity index (χ1n) is 0. The Morgan fingerprint density at radius 1 is 1.00 bits per heavy atom. The van der Waals surface area contributed by atoms with Crippen LogP contribution in [0.1, 0.15) is 0 Å². The molecule has 24 valence electrons. The fourth-order valence-electron chi connectivity index (χ4n) is 0. The van der Waals surface area contributed by atoms with Gasteiger partial charge in [-0.25, -0.2) is 0 Å². The van der Waals surface area contributed by atoms with E-state index in [-0.39, 0.29) is 110 Å². The summed E-state index contributed by atoms with van der Waals surface area (Å²) in [4.78, 5) is 0. The van der Waals surface area contributed by atoms with Gasteiger partial charge in [0.2, 0.25) is 0 Å². The Kier molecular flexibility index (Phi) is 196. The first-order chi connectivity index (χ1) is 0. The first-order valence-corrected chi connectivity index (χ1v) is 0. The van der Waals surface area contributed by atoms with Crippen LogP contribution < -0.4 is 0 Å². The van der Waals surface area contributed by atoms with Gasteiger partial charge in [0.05, 0.1) is 0 Å². The molecule has 0 aromatic carbocycles. The van der Waals surface area contributed by atoms with Crippen molar-refractivity contribution in [1.29, 1.82) is 0 Å². The second-order valence-electron chi connectivity index (χ2n) is 0. The minimum atomic E-state index is 0. The molecule has 0 aliphatic heterocycles. The van der Waals surface area contributed by atoms with Gasteiger partial charge in [-0.2, -0.15) is 0 Å². The van der Waals surface area contributed by atoms with Crippen LogP contribution in [-0.2, 0) is 19.5 Å². The van der Waals surface area contributed by atoms with E-state index in [0.717, 1.165) is 0 Å². The maximum atomic E-state index is 0. The van der Waals surface area contributed by atoms with Gasteiger partial charge in [-0.15, -0.1) is 0 Å². The molecule has 0 saturated carbocycles. The van der Waals surface area contributed by atoms with E-state index in [2.05, 4.69) is 0 Å². The predicted molar refractivity (Wildman–Crippen MR) is 37.0 cm³/mol. The van der Waals surface area contributed by atoms with Crippen molar-refractivity contribution in [1.82, 2.24) is 0 Å². The van der Waals surface area contributed by atoms with Crippen molar-refractivity contribution in [3.63, 3.8) is 0 Å². The van der Waals surface area contributed by atoms with Crippen LogP contribution >= 0.6 is 0 Å². The standard InChI is InChI=1S/Al.In.Mg.Sn.Zn.10H. The predicted octanol–water partition coefficient (Wildman–Crippen LogP) is -4.20. The Morgan fingerprint density at radius 3 is 1.00 bits per heavy atom. The van der Waals surface area contributed by atoms with Crippen molar-refractivity contribution >= 4 is 90.2 Å². The van der Waals surface area contributed by atoms with Gasteiger partial charge in [-0.3, -0.25) is 0 Å². The van der Waals surface area contributed by atoms with Crippen molar-refractivity contribution in [2.75, 3.05) is 0 Å². The molecular formula is H10AlInMgSnZn. The molecular weight excluding hydrogens is 350 g/mol.